The lowest BCUT2D eigenvalue weighted by Crippen LogP contribution is -2.23. The molecule has 0 radical (unpaired) electrons. The Balaban J connectivity index is 2.17. The minimum absolute atomic E-state index is 0.109. The Bertz CT molecular complexity index is 335. The Hall–Kier alpha value is -0.890. The van der Waals surface area contributed by atoms with Crippen molar-refractivity contribution in [2.45, 2.75) is 38.6 Å². The van der Waals surface area contributed by atoms with Crippen LogP contribution in [-0.4, -0.2) is 4.98 Å². The zero-order valence-electron chi connectivity index (χ0n) is 8.96. The van der Waals surface area contributed by atoms with E-state index in [9.17, 15) is 0 Å². The quantitative estimate of drug-likeness (QED) is 0.794. The maximum atomic E-state index is 6.30. The molecule has 1 aromatic rings. The van der Waals surface area contributed by atoms with Crippen LogP contribution in [0.3, 0.4) is 0 Å². The van der Waals surface area contributed by atoms with E-state index >= 15 is 0 Å². The van der Waals surface area contributed by atoms with Gasteiger partial charge in [-0.05, 0) is 37.8 Å². The van der Waals surface area contributed by atoms with Crippen molar-refractivity contribution in [3.63, 3.8) is 0 Å². The van der Waals surface area contributed by atoms with Crippen LogP contribution in [0.4, 0.5) is 0 Å². The van der Waals surface area contributed by atoms with Gasteiger partial charge in [-0.15, -0.1) is 0 Å². The highest BCUT2D eigenvalue weighted by Gasteiger charge is 2.52. The molecule has 76 valence electrons. The average molecular weight is 190 g/mol. The Morgan fingerprint density at radius 1 is 1.57 bits per heavy atom. The summed E-state index contributed by atoms with van der Waals surface area (Å²) in [7, 11) is 0. The van der Waals surface area contributed by atoms with Gasteiger partial charge in [-0.25, -0.2) is 0 Å². The largest absolute Gasteiger partial charge is 0.320 e. The van der Waals surface area contributed by atoms with Gasteiger partial charge in [0, 0.05) is 5.69 Å². The van der Waals surface area contributed by atoms with E-state index < -0.39 is 0 Å². The number of aryl methyl sites for hydroxylation is 1. The van der Waals surface area contributed by atoms with Gasteiger partial charge in [-0.2, -0.15) is 0 Å². The number of nitrogens with two attached hydrogens (primary N) is 1. The molecule has 0 aromatic carbocycles. The smallest absolute Gasteiger partial charge is 0.0616 e. The van der Waals surface area contributed by atoms with Crippen LogP contribution in [0.15, 0.2) is 18.2 Å². The molecule has 14 heavy (non-hydrogen) atoms. The van der Waals surface area contributed by atoms with Crippen LogP contribution < -0.4 is 5.73 Å². The molecule has 0 spiro atoms. The van der Waals surface area contributed by atoms with Gasteiger partial charge < -0.3 is 5.73 Å². The van der Waals surface area contributed by atoms with E-state index in [4.69, 9.17) is 5.73 Å². The molecule has 0 amide bonds. The topological polar surface area (TPSA) is 38.9 Å². The fraction of sp³-hybridized carbons (Fsp3) is 0.583. The number of pyridine rings is 1. The summed E-state index contributed by atoms with van der Waals surface area (Å²) in [6.45, 7) is 4.23. The monoisotopic (exact) mass is 190 g/mol. The number of rotatable bonds is 3. The van der Waals surface area contributed by atoms with Crippen LogP contribution in [0.25, 0.3) is 0 Å². The zero-order valence-corrected chi connectivity index (χ0v) is 8.96. The van der Waals surface area contributed by atoms with Crippen molar-refractivity contribution in [1.29, 1.82) is 0 Å². The van der Waals surface area contributed by atoms with Gasteiger partial charge in [0.05, 0.1) is 11.2 Å². The second-order valence-electron chi connectivity index (χ2n) is 4.39. The summed E-state index contributed by atoms with van der Waals surface area (Å²) < 4.78 is 0. The van der Waals surface area contributed by atoms with Gasteiger partial charge in [0.1, 0.15) is 0 Å². The summed E-state index contributed by atoms with van der Waals surface area (Å²) in [6.07, 6.45) is 3.55. The Kier molecular flexibility index (Phi) is 2.31. The highest BCUT2D eigenvalue weighted by Crippen LogP contribution is 2.51. The molecule has 2 rings (SSSR count). The second-order valence-corrected chi connectivity index (χ2v) is 4.39. The third-order valence-electron chi connectivity index (χ3n) is 3.15. The molecule has 1 fully saturated rings. The van der Waals surface area contributed by atoms with E-state index in [2.05, 4.69) is 18.0 Å². The van der Waals surface area contributed by atoms with Crippen molar-refractivity contribution >= 4 is 0 Å². The van der Waals surface area contributed by atoms with Gasteiger partial charge in [0.15, 0.2) is 0 Å². The fourth-order valence-electron chi connectivity index (χ4n) is 2.17. The van der Waals surface area contributed by atoms with Gasteiger partial charge >= 0.3 is 0 Å². The van der Waals surface area contributed by atoms with Crippen molar-refractivity contribution in [2.24, 2.45) is 11.7 Å². The van der Waals surface area contributed by atoms with Crippen LogP contribution in [0.1, 0.15) is 37.6 Å². The summed E-state index contributed by atoms with van der Waals surface area (Å²) >= 11 is 0. The molecule has 2 nitrogen and oxygen atoms in total. The summed E-state index contributed by atoms with van der Waals surface area (Å²) in [5.41, 5.74) is 8.34. The summed E-state index contributed by atoms with van der Waals surface area (Å²) in [5, 5.41) is 0. The van der Waals surface area contributed by atoms with Crippen LogP contribution in [-0.2, 0) is 5.54 Å². The molecule has 2 N–H and O–H groups in total. The highest BCUT2D eigenvalue weighted by atomic mass is 14.9. The first-order valence-electron chi connectivity index (χ1n) is 5.40. The maximum absolute atomic E-state index is 6.30. The van der Waals surface area contributed by atoms with Crippen LogP contribution in [0.2, 0.25) is 0 Å². The molecule has 1 saturated carbocycles. The van der Waals surface area contributed by atoms with E-state index in [1.54, 1.807) is 0 Å². The number of hydrogen-bond acceptors (Lipinski definition) is 2. The zero-order chi connectivity index (χ0) is 10.2. The van der Waals surface area contributed by atoms with E-state index in [1.165, 1.54) is 12.8 Å². The molecular weight excluding hydrogens is 172 g/mol. The standard InChI is InChI=1S/C12H18N2/c1-3-5-10-8-12(10,13)11-7-4-6-9(2)14-11/h4,6-7,10H,3,5,8,13H2,1-2H3. The highest BCUT2D eigenvalue weighted by molar-refractivity contribution is 5.26. The van der Waals surface area contributed by atoms with Gasteiger partial charge in [-0.1, -0.05) is 19.4 Å². The summed E-state index contributed by atoms with van der Waals surface area (Å²) in [4.78, 5) is 4.51. The minimum atomic E-state index is -0.109. The number of hydrogen-bond donors (Lipinski definition) is 1. The molecule has 0 bridgehead atoms. The van der Waals surface area contributed by atoms with E-state index in [-0.39, 0.29) is 5.54 Å². The molecule has 2 heteroatoms. The lowest BCUT2D eigenvalue weighted by atomic mass is 10.1. The first-order chi connectivity index (χ1) is 6.66. The van der Waals surface area contributed by atoms with Crippen molar-refractivity contribution in [3.8, 4) is 0 Å². The van der Waals surface area contributed by atoms with Crippen LogP contribution >= 0.6 is 0 Å². The average Bonchev–Trinajstić information content (AvgIpc) is 2.79. The summed E-state index contributed by atoms with van der Waals surface area (Å²) in [5.74, 6) is 0.654. The lowest BCUT2D eigenvalue weighted by molar-refractivity contribution is 0.570. The molecule has 1 aromatic heterocycles. The summed E-state index contributed by atoms with van der Waals surface area (Å²) in [6, 6.07) is 6.13. The van der Waals surface area contributed by atoms with Gasteiger partial charge in [-0.3, -0.25) is 4.98 Å². The molecule has 0 aliphatic heterocycles. The Labute approximate surface area is 85.5 Å². The van der Waals surface area contributed by atoms with E-state index in [1.807, 2.05) is 19.1 Å². The first kappa shape index (κ1) is 9.66. The third kappa shape index (κ3) is 1.55. The maximum Gasteiger partial charge on any atom is 0.0616 e. The van der Waals surface area contributed by atoms with E-state index in [0.29, 0.717) is 5.92 Å². The molecule has 1 aliphatic carbocycles. The predicted octanol–water partition coefficient (Wildman–Crippen LogP) is 2.36. The molecule has 2 atom stereocenters. The normalized spacial score (nSPS) is 30.4. The SMILES string of the molecule is CCCC1CC1(N)c1cccc(C)n1. The van der Waals surface area contributed by atoms with Gasteiger partial charge in [0.2, 0.25) is 0 Å². The predicted molar refractivity (Wildman–Crippen MR) is 57.9 cm³/mol. The van der Waals surface area contributed by atoms with Crippen LogP contribution in [0.5, 0.6) is 0 Å². The second kappa shape index (κ2) is 3.35. The molecule has 1 aliphatic rings. The van der Waals surface area contributed by atoms with Crippen molar-refractivity contribution in [1.82, 2.24) is 4.98 Å². The van der Waals surface area contributed by atoms with Crippen molar-refractivity contribution in [2.75, 3.05) is 0 Å². The minimum Gasteiger partial charge on any atom is -0.320 e. The molecule has 2 unspecified atom stereocenters. The third-order valence-corrected chi connectivity index (χ3v) is 3.15. The van der Waals surface area contributed by atoms with Crippen LogP contribution in [0, 0.1) is 12.8 Å². The van der Waals surface area contributed by atoms with Gasteiger partial charge in [0.25, 0.3) is 0 Å². The lowest BCUT2D eigenvalue weighted by Gasteiger charge is -2.11. The fourth-order valence-corrected chi connectivity index (χ4v) is 2.17. The van der Waals surface area contributed by atoms with Crippen molar-refractivity contribution in [3.05, 3.63) is 29.6 Å². The Morgan fingerprint density at radius 3 is 3.00 bits per heavy atom. The van der Waals surface area contributed by atoms with Crippen molar-refractivity contribution < 1.29 is 0 Å². The Morgan fingerprint density at radius 2 is 2.36 bits per heavy atom. The number of nitrogens with zero attached hydrogens (tertiary/aromatic N) is 1. The number of aromatic nitrogens is 1. The molecule has 0 saturated heterocycles. The van der Waals surface area contributed by atoms with E-state index in [0.717, 1.165) is 17.8 Å². The molecule has 1 heterocycles. The first-order valence-corrected chi connectivity index (χ1v) is 5.40. The molecular formula is C12H18N2.